The van der Waals surface area contributed by atoms with Crippen molar-refractivity contribution in [2.24, 2.45) is 11.5 Å². The summed E-state index contributed by atoms with van der Waals surface area (Å²) < 4.78 is 5.94. The number of hydrogen-bond donors (Lipinski definition) is 4. The Kier molecular flexibility index (Phi) is 20.7. The Morgan fingerprint density at radius 2 is 1.56 bits per heavy atom. The third-order valence-electron chi connectivity index (χ3n) is 4.13. The number of nitrogens with one attached hydrogen (secondary N) is 2. The molecule has 6 N–H and O–H groups in total. The van der Waals surface area contributed by atoms with Gasteiger partial charge in [0.25, 0.3) is 5.91 Å². The van der Waals surface area contributed by atoms with E-state index >= 15 is 0 Å². The van der Waals surface area contributed by atoms with Crippen molar-refractivity contribution < 1.29 is 23.9 Å². The molecule has 1 rings (SSSR count). The molecule has 0 unspecified atom stereocenters. The van der Waals surface area contributed by atoms with E-state index < -0.39 is 17.2 Å². The maximum Gasteiger partial charge on any atom is 0.325 e. The summed E-state index contributed by atoms with van der Waals surface area (Å²) in [6.45, 7) is 19.0. The summed E-state index contributed by atoms with van der Waals surface area (Å²) >= 11 is 0. The monoisotopic (exact) mass is 509 g/mol. The van der Waals surface area contributed by atoms with Gasteiger partial charge in [0.05, 0.1) is 23.4 Å². The van der Waals surface area contributed by atoms with E-state index in [4.69, 9.17) is 10.5 Å². The lowest BCUT2D eigenvalue weighted by atomic mass is 10.0. The fourth-order valence-electron chi connectivity index (χ4n) is 2.42. The number of urea groups is 1. The van der Waals surface area contributed by atoms with Crippen LogP contribution in [0.2, 0.25) is 0 Å². The molecule has 0 aliphatic heterocycles. The molecular formula is C26H47N5O5. The first kappa shape index (κ1) is 37.3. The van der Waals surface area contributed by atoms with Crippen molar-refractivity contribution in [1.82, 2.24) is 10.6 Å². The van der Waals surface area contributed by atoms with Crippen molar-refractivity contribution in [1.29, 1.82) is 0 Å². The van der Waals surface area contributed by atoms with Crippen LogP contribution in [0.25, 0.3) is 0 Å². The molecule has 1 aromatic rings. The van der Waals surface area contributed by atoms with Crippen LogP contribution in [0.1, 0.15) is 72.2 Å². The van der Waals surface area contributed by atoms with E-state index in [-0.39, 0.29) is 24.1 Å². The van der Waals surface area contributed by atoms with Gasteiger partial charge in [0, 0.05) is 19.0 Å². The van der Waals surface area contributed by atoms with Gasteiger partial charge in [-0.1, -0.05) is 19.9 Å². The lowest BCUT2D eigenvalue weighted by Gasteiger charge is -2.32. The van der Waals surface area contributed by atoms with Gasteiger partial charge in [-0.2, -0.15) is 0 Å². The predicted molar refractivity (Wildman–Crippen MR) is 147 cm³/mol. The van der Waals surface area contributed by atoms with E-state index in [1.807, 2.05) is 48.5 Å². The van der Waals surface area contributed by atoms with Gasteiger partial charge >= 0.3 is 6.03 Å². The zero-order chi connectivity index (χ0) is 28.9. The molecule has 0 fully saturated rings. The highest BCUT2D eigenvalue weighted by Crippen LogP contribution is 2.18. The van der Waals surface area contributed by atoms with Crippen molar-refractivity contribution in [2.45, 2.75) is 73.0 Å². The molecule has 36 heavy (non-hydrogen) atoms. The van der Waals surface area contributed by atoms with Crippen molar-refractivity contribution in [2.75, 3.05) is 25.1 Å². The number of nitrogens with two attached hydrogens (primary N) is 2. The Hall–Kier alpha value is -3.24. The summed E-state index contributed by atoms with van der Waals surface area (Å²) in [6, 6.07) is 5.01. The van der Waals surface area contributed by atoms with Crippen molar-refractivity contribution in [3.05, 3.63) is 42.5 Å². The third kappa shape index (κ3) is 17.2. The average Bonchev–Trinajstić information content (AvgIpc) is 2.81. The molecule has 0 saturated heterocycles. The third-order valence-corrected chi connectivity index (χ3v) is 4.13. The number of primary amides is 1. The van der Waals surface area contributed by atoms with Gasteiger partial charge in [0.1, 0.15) is 0 Å². The van der Waals surface area contributed by atoms with Gasteiger partial charge in [0.15, 0.2) is 0 Å². The standard InChI is InChI=1S/C20H30N4O5.C3H6.C2H6.CH5N/c1-14(26)22-11-10-20(4,5)29-12-19(2,3)23-17(27)15-6-8-16(9-7-15)24(13-25)18(21)28;1-3-2;2*1-2/h6-9,13H,10-12H2,1-5H3,(H2,21,28)(H,22,26)(H,23,27);3H,1H2,2H3;1-2H3;2H2,1H3. The van der Waals surface area contributed by atoms with Crippen LogP contribution >= 0.6 is 0 Å². The molecule has 10 heteroatoms. The molecule has 0 aliphatic carbocycles. The van der Waals surface area contributed by atoms with E-state index in [1.54, 1.807) is 6.08 Å². The first-order valence-electron chi connectivity index (χ1n) is 11.8. The van der Waals surface area contributed by atoms with Crippen molar-refractivity contribution >= 4 is 29.9 Å². The first-order chi connectivity index (χ1) is 16.8. The Labute approximate surface area is 216 Å². The molecule has 0 heterocycles. The number of benzene rings is 1. The predicted octanol–water partition coefficient (Wildman–Crippen LogP) is 3.35. The van der Waals surface area contributed by atoms with E-state index in [9.17, 15) is 19.2 Å². The Morgan fingerprint density at radius 3 is 1.94 bits per heavy atom. The second kappa shape index (κ2) is 20.0. The summed E-state index contributed by atoms with van der Waals surface area (Å²) in [4.78, 5) is 46.3. The van der Waals surface area contributed by atoms with Crippen molar-refractivity contribution in [3.8, 4) is 0 Å². The van der Waals surface area contributed by atoms with Crippen LogP contribution in [-0.4, -0.2) is 55.6 Å². The number of hydrogen-bond acceptors (Lipinski definition) is 6. The van der Waals surface area contributed by atoms with Gasteiger partial charge in [0.2, 0.25) is 12.3 Å². The topological polar surface area (TPSA) is 157 Å². The molecule has 0 saturated carbocycles. The summed E-state index contributed by atoms with van der Waals surface area (Å²) in [5, 5.41) is 5.63. The summed E-state index contributed by atoms with van der Waals surface area (Å²) in [5.74, 6) is -0.413. The second-order valence-electron chi connectivity index (χ2n) is 8.39. The Bertz CT molecular complexity index is 792. The SMILES string of the molecule is C=CC.CC.CC(=O)NCCC(C)(C)OCC(C)(C)NC(=O)c1ccc(N(C=O)C(N)=O)cc1.CN. The fourth-order valence-corrected chi connectivity index (χ4v) is 2.42. The molecule has 1 aromatic carbocycles. The van der Waals surface area contributed by atoms with E-state index in [0.717, 1.165) is 4.90 Å². The normalized spacial score (nSPS) is 9.94. The Morgan fingerprint density at radius 1 is 1.08 bits per heavy atom. The van der Waals surface area contributed by atoms with Crippen LogP contribution in [0.4, 0.5) is 10.5 Å². The van der Waals surface area contributed by atoms with E-state index in [1.165, 1.54) is 38.2 Å². The van der Waals surface area contributed by atoms with E-state index in [0.29, 0.717) is 24.9 Å². The van der Waals surface area contributed by atoms with Crippen LogP contribution in [0, 0.1) is 0 Å². The van der Waals surface area contributed by atoms with Crippen LogP contribution in [0.3, 0.4) is 0 Å². The molecule has 5 amide bonds. The minimum Gasteiger partial charge on any atom is -0.373 e. The second-order valence-corrected chi connectivity index (χ2v) is 8.39. The number of amides is 5. The van der Waals surface area contributed by atoms with Crippen LogP contribution in [0.5, 0.6) is 0 Å². The number of nitrogens with zero attached hydrogens (tertiary/aromatic N) is 1. The van der Waals surface area contributed by atoms with Crippen LogP contribution < -0.4 is 27.0 Å². The van der Waals surface area contributed by atoms with E-state index in [2.05, 4.69) is 22.9 Å². The van der Waals surface area contributed by atoms with Crippen LogP contribution in [0.15, 0.2) is 36.9 Å². The number of carbonyl (C=O) groups is 4. The number of rotatable bonds is 10. The molecule has 10 nitrogen and oxygen atoms in total. The minimum absolute atomic E-state index is 0.0912. The van der Waals surface area contributed by atoms with Crippen molar-refractivity contribution in [3.63, 3.8) is 0 Å². The maximum absolute atomic E-state index is 12.5. The highest BCUT2D eigenvalue weighted by atomic mass is 16.5. The highest BCUT2D eigenvalue weighted by molar-refractivity contribution is 6.05. The molecule has 0 radical (unpaired) electrons. The zero-order valence-electron chi connectivity index (χ0n) is 23.4. The molecule has 206 valence electrons. The molecule has 0 aromatic heterocycles. The van der Waals surface area contributed by atoms with Crippen LogP contribution in [-0.2, 0) is 14.3 Å². The highest BCUT2D eigenvalue weighted by Gasteiger charge is 2.26. The van der Waals surface area contributed by atoms with Gasteiger partial charge in [-0.3, -0.25) is 14.4 Å². The summed E-state index contributed by atoms with van der Waals surface area (Å²) in [6.07, 6.45) is 2.69. The maximum atomic E-state index is 12.5. The Balaban J connectivity index is -0.00000141. The minimum atomic E-state index is -0.906. The summed E-state index contributed by atoms with van der Waals surface area (Å²) in [5.41, 5.74) is 9.13. The lowest BCUT2D eigenvalue weighted by molar-refractivity contribution is -0.119. The number of carbonyl (C=O) groups excluding carboxylic acids is 4. The molecule has 0 spiro atoms. The van der Waals surface area contributed by atoms with Gasteiger partial charge in [-0.15, -0.1) is 6.58 Å². The lowest BCUT2D eigenvalue weighted by Crippen LogP contribution is -2.49. The van der Waals surface area contributed by atoms with Gasteiger partial charge < -0.3 is 26.8 Å². The zero-order valence-corrected chi connectivity index (χ0v) is 23.4. The summed E-state index contributed by atoms with van der Waals surface area (Å²) in [7, 11) is 1.50. The molecule has 0 atom stereocenters. The molecule has 0 aliphatic rings. The molecular weight excluding hydrogens is 462 g/mol. The number of allylic oxidation sites excluding steroid dienone is 1. The average molecular weight is 510 g/mol. The quantitative estimate of drug-likeness (QED) is 0.280. The van der Waals surface area contributed by atoms with Gasteiger partial charge in [-0.25, -0.2) is 9.69 Å². The number of ether oxygens (including phenoxy) is 1. The largest absolute Gasteiger partial charge is 0.373 e. The fraction of sp³-hybridized carbons (Fsp3) is 0.538. The number of anilines is 1. The first-order valence-corrected chi connectivity index (χ1v) is 11.8. The smallest absolute Gasteiger partial charge is 0.325 e. The van der Waals surface area contributed by atoms with Gasteiger partial charge in [-0.05, 0) is 72.4 Å². The molecule has 0 bridgehead atoms. The number of imide groups is 1.